The number of nitrogens with one attached hydrogen (secondary N) is 1. The SMILES string of the molecule is CC(C)[C@H](NC(=O)OC(C)(C)C)C(=O)N1CCC(N2CCCC2)CC1. The van der Waals surface area contributed by atoms with Crippen LogP contribution in [0.1, 0.15) is 60.3 Å². The van der Waals surface area contributed by atoms with Gasteiger partial charge in [0.2, 0.25) is 5.91 Å². The highest BCUT2D eigenvalue weighted by Crippen LogP contribution is 2.22. The van der Waals surface area contributed by atoms with E-state index in [0.717, 1.165) is 25.9 Å². The maximum Gasteiger partial charge on any atom is 0.408 e. The van der Waals surface area contributed by atoms with Gasteiger partial charge < -0.3 is 19.9 Å². The number of piperidine rings is 1. The molecule has 144 valence electrons. The lowest BCUT2D eigenvalue weighted by Crippen LogP contribution is -2.55. The van der Waals surface area contributed by atoms with Crippen LogP contribution in [-0.2, 0) is 9.53 Å². The highest BCUT2D eigenvalue weighted by molar-refractivity contribution is 5.86. The fourth-order valence-electron chi connectivity index (χ4n) is 3.70. The Kier molecular flexibility index (Phi) is 6.72. The average Bonchev–Trinajstić information content (AvgIpc) is 3.04. The molecule has 2 amide bonds. The molecular formula is C19H35N3O3. The van der Waals surface area contributed by atoms with Gasteiger partial charge in [-0.05, 0) is 65.5 Å². The number of rotatable bonds is 4. The Hall–Kier alpha value is -1.30. The third-order valence-electron chi connectivity index (χ3n) is 5.04. The first-order valence-corrected chi connectivity index (χ1v) is 9.70. The van der Waals surface area contributed by atoms with E-state index in [4.69, 9.17) is 4.74 Å². The molecule has 0 aliphatic carbocycles. The van der Waals surface area contributed by atoms with Crippen molar-refractivity contribution in [3.8, 4) is 0 Å². The number of carbonyl (C=O) groups excluding carboxylic acids is 2. The van der Waals surface area contributed by atoms with E-state index in [0.29, 0.717) is 6.04 Å². The second-order valence-corrected chi connectivity index (χ2v) is 8.67. The molecule has 2 rings (SSSR count). The van der Waals surface area contributed by atoms with Crippen LogP contribution in [0.4, 0.5) is 4.79 Å². The van der Waals surface area contributed by atoms with Gasteiger partial charge in [0.15, 0.2) is 0 Å². The summed E-state index contributed by atoms with van der Waals surface area (Å²) in [6, 6.07) is 0.0843. The molecule has 6 nitrogen and oxygen atoms in total. The fourth-order valence-corrected chi connectivity index (χ4v) is 3.70. The Morgan fingerprint density at radius 1 is 1.04 bits per heavy atom. The largest absolute Gasteiger partial charge is 0.444 e. The highest BCUT2D eigenvalue weighted by Gasteiger charge is 2.34. The Morgan fingerprint density at radius 3 is 2.08 bits per heavy atom. The van der Waals surface area contributed by atoms with Gasteiger partial charge in [-0.25, -0.2) is 4.79 Å². The molecule has 2 saturated heterocycles. The Balaban J connectivity index is 1.88. The molecule has 25 heavy (non-hydrogen) atoms. The van der Waals surface area contributed by atoms with Crippen LogP contribution in [0, 0.1) is 5.92 Å². The van der Waals surface area contributed by atoms with E-state index < -0.39 is 17.7 Å². The summed E-state index contributed by atoms with van der Waals surface area (Å²) in [7, 11) is 0. The van der Waals surface area contributed by atoms with E-state index in [-0.39, 0.29) is 11.8 Å². The smallest absolute Gasteiger partial charge is 0.408 e. The topological polar surface area (TPSA) is 61.9 Å². The van der Waals surface area contributed by atoms with Gasteiger partial charge in [-0.2, -0.15) is 0 Å². The van der Waals surface area contributed by atoms with Gasteiger partial charge in [-0.15, -0.1) is 0 Å². The molecule has 0 unspecified atom stereocenters. The summed E-state index contributed by atoms with van der Waals surface area (Å²) >= 11 is 0. The zero-order valence-electron chi connectivity index (χ0n) is 16.5. The van der Waals surface area contributed by atoms with E-state index in [1.54, 1.807) is 0 Å². The molecule has 6 heteroatoms. The molecule has 2 aliphatic rings. The molecule has 2 aliphatic heterocycles. The minimum Gasteiger partial charge on any atom is -0.444 e. The van der Waals surface area contributed by atoms with Crippen molar-refractivity contribution in [2.75, 3.05) is 26.2 Å². The molecular weight excluding hydrogens is 318 g/mol. The summed E-state index contributed by atoms with van der Waals surface area (Å²) in [6.07, 6.45) is 4.14. The molecule has 1 N–H and O–H groups in total. The lowest BCUT2D eigenvalue weighted by molar-refractivity contribution is -0.136. The lowest BCUT2D eigenvalue weighted by atomic mass is 9.99. The molecule has 0 aromatic carbocycles. The Bertz CT molecular complexity index is 459. The number of hydrogen-bond donors (Lipinski definition) is 1. The molecule has 0 radical (unpaired) electrons. The second kappa shape index (κ2) is 8.39. The summed E-state index contributed by atoms with van der Waals surface area (Å²) in [6.45, 7) is 13.3. The number of alkyl carbamates (subject to hydrolysis) is 1. The van der Waals surface area contributed by atoms with Gasteiger partial charge in [0.05, 0.1) is 0 Å². The van der Waals surface area contributed by atoms with Crippen molar-refractivity contribution >= 4 is 12.0 Å². The first-order valence-electron chi connectivity index (χ1n) is 9.70. The monoisotopic (exact) mass is 353 g/mol. The number of amides is 2. The van der Waals surface area contributed by atoms with Crippen LogP contribution in [0.15, 0.2) is 0 Å². The van der Waals surface area contributed by atoms with Crippen molar-refractivity contribution in [2.24, 2.45) is 5.92 Å². The standard InChI is InChI=1S/C19H35N3O3/c1-14(2)16(20-18(24)25-19(3,4)5)17(23)22-12-8-15(9-13-22)21-10-6-7-11-21/h14-16H,6-13H2,1-5H3,(H,20,24)/t16-/m0/s1. The van der Waals surface area contributed by atoms with E-state index in [2.05, 4.69) is 10.2 Å². The highest BCUT2D eigenvalue weighted by atomic mass is 16.6. The summed E-state index contributed by atoms with van der Waals surface area (Å²) in [5, 5.41) is 2.77. The van der Waals surface area contributed by atoms with E-state index in [1.165, 1.54) is 25.9 Å². The number of carbonyl (C=O) groups is 2. The summed E-state index contributed by atoms with van der Waals surface area (Å²) in [5.74, 6) is 0.0389. The normalized spacial score (nSPS) is 21.4. The Labute approximate surface area is 152 Å². The third-order valence-corrected chi connectivity index (χ3v) is 5.04. The van der Waals surface area contributed by atoms with Crippen molar-refractivity contribution in [1.82, 2.24) is 15.1 Å². The van der Waals surface area contributed by atoms with Gasteiger partial charge in [-0.3, -0.25) is 4.79 Å². The van der Waals surface area contributed by atoms with Crippen LogP contribution in [0.25, 0.3) is 0 Å². The van der Waals surface area contributed by atoms with Crippen molar-refractivity contribution in [3.05, 3.63) is 0 Å². The first kappa shape index (κ1) is 20.0. The average molecular weight is 354 g/mol. The maximum absolute atomic E-state index is 12.9. The summed E-state index contributed by atoms with van der Waals surface area (Å²) in [4.78, 5) is 29.5. The molecule has 0 aromatic rings. The molecule has 2 heterocycles. The minimum absolute atomic E-state index is 0.0146. The van der Waals surface area contributed by atoms with Crippen LogP contribution in [0.2, 0.25) is 0 Å². The number of ether oxygens (including phenoxy) is 1. The van der Waals surface area contributed by atoms with E-state index >= 15 is 0 Å². The Morgan fingerprint density at radius 2 is 1.60 bits per heavy atom. The third kappa shape index (κ3) is 5.87. The molecule has 1 atom stereocenters. The van der Waals surface area contributed by atoms with Crippen LogP contribution < -0.4 is 5.32 Å². The van der Waals surface area contributed by atoms with Crippen molar-refractivity contribution in [2.45, 2.75) is 78.0 Å². The molecule has 0 saturated carbocycles. The zero-order valence-corrected chi connectivity index (χ0v) is 16.5. The van der Waals surface area contributed by atoms with Gasteiger partial charge in [-0.1, -0.05) is 13.8 Å². The van der Waals surface area contributed by atoms with Gasteiger partial charge in [0.25, 0.3) is 0 Å². The van der Waals surface area contributed by atoms with E-state index in [1.807, 2.05) is 39.5 Å². The van der Waals surface area contributed by atoms with Crippen LogP contribution in [-0.4, -0.2) is 65.7 Å². The predicted molar refractivity (Wildman–Crippen MR) is 98.4 cm³/mol. The fraction of sp³-hybridized carbons (Fsp3) is 0.895. The van der Waals surface area contributed by atoms with Gasteiger partial charge in [0, 0.05) is 19.1 Å². The molecule has 0 spiro atoms. The van der Waals surface area contributed by atoms with Crippen molar-refractivity contribution in [3.63, 3.8) is 0 Å². The predicted octanol–water partition coefficient (Wildman–Crippen LogP) is 2.62. The summed E-state index contributed by atoms with van der Waals surface area (Å²) in [5.41, 5.74) is -0.567. The van der Waals surface area contributed by atoms with Crippen LogP contribution in [0.3, 0.4) is 0 Å². The lowest BCUT2D eigenvalue weighted by Gasteiger charge is -2.38. The summed E-state index contributed by atoms with van der Waals surface area (Å²) < 4.78 is 5.31. The maximum atomic E-state index is 12.9. The zero-order chi connectivity index (χ0) is 18.6. The number of hydrogen-bond acceptors (Lipinski definition) is 4. The molecule has 0 aromatic heterocycles. The van der Waals surface area contributed by atoms with Crippen LogP contribution in [0.5, 0.6) is 0 Å². The quantitative estimate of drug-likeness (QED) is 0.844. The first-order chi connectivity index (χ1) is 11.7. The molecule has 0 bridgehead atoms. The number of likely N-dealkylation sites (tertiary alicyclic amines) is 2. The number of nitrogens with zero attached hydrogens (tertiary/aromatic N) is 2. The van der Waals surface area contributed by atoms with Crippen LogP contribution >= 0.6 is 0 Å². The van der Waals surface area contributed by atoms with Crippen molar-refractivity contribution in [1.29, 1.82) is 0 Å². The second-order valence-electron chi connectivity index (χ2n) is 8.67. The van der Waals surface area contributed by atoms with E-state index in [9.17, 15) is 9.59 Å². The van der Waals surface area contributed by atoms with Gasteiger partial charge in [0.1, 0.15) is 11.6 Å². The van der Waals surface area contributed by atoms with Crippen molar-refractivity contribution < 1.29 is 14.3 Å². The van der Waals surface area contributed by atoms with Gasteiger partial charge >= 0.3 is 6.09 Å². The minimum atomic E-state index is -0.567. The molecule has 2 fully saturated rings.